The lowest BCUT2D eigenvalue weighted by Crippen LogP contribution is -2.61. The van der Waals surface area contributed by atoms with Crippen molar-refractivity contribution in [2.45, 2.75) is 268 Å². The van der Waals surface area contributed by atoms with Gasteiger partial charge in [-0.1, -0.05) is 199 Å². The van der Waals surface area contributed by atoms with Gasteiger partial charge in [0.05, 0.1) is 25.4 Å². The third kappa shape index (κ3) is 32.0. The molecule has 372 valence electrons. The van der Waals surface area contributed by atoms with Crippen molar-refractivity contribution >= 4 is 16.3 Å². The molecule has 63 heavy (non-hydrogen) atoms. The molecule has 0 spiro atoms. The van der Waals surface area contributed by atoms with E-state index in [1.807, 2.05) is 6.08 Å². The standard InChI is InChI=1S/C49H93NO12S/c1-3-5-7-9-11-13-15-17-19-21-23-25-27-29-31-33-35-37-42(52)41(40-60-49-46(55)47(62-63(57,58)59)45(54)44(39-51)61-49)50-48(56)43(53)38-36-34-32-30-28-26-24-22-20-18-16-14-12-10-8-6-4-2/h24,26,35,37,41-47,49,51-55H,3-23,25,27-34,36,38-40H2,1-2H3,(H,50,56)(H,57,58,59)/b26-24-,37-35+. The number of aliphatic hydroxyl groups excluding tert-OH is 5. The van der Waals surface area contributed by atoms with Gasteiger partial charge in [0.25, 0.3) is 0 Å². The van der Waals surface area contributed by atoms with Crippen LogP contribution in [0.3, 0.4) is 0 Å². The fraction of sp³-hybridized carbons (Fsp3) is 0.898. The highest BCUT2D eigenvalue weighted by atomic mass is 32.3. The number of aliphatic hydroxyl groups is 5. The summed E-state index contributed by atoms with van der Waals surface area (Å²) in [6.45, 7) is 3.23. The van der Waals surface area contributed by atoms with Gasteiger partial charge in [-0.25, -0.2) is 4.18 Å². The van der Waals surface area contributed by atoms with Crippen LogP contribution in [-0.4, -0.2) is 107 Å². The molecule has 1 rings (SSSR count). The van der Waals surface area contributed by atoms with Crippen molar-refractivity contribution in [2.75, 3.05) is 13.2 Å². The molecular formula is C49H93NO12S. The number of amides is 1. The Hall–Kier alpha value is -1.46. The number of rotatable bonds is 43. The minimum atomic E-state index is -5.12. The molecule has 8 unspecified atom stereocenters. The van der Waals surface area contributed by atoms with Crippen LogP contribution in [0, 0.1) is 0 Å². The SMILES string of the molecule is CCCCCCCCCCC/C=C\CCCCCCC(O)C(=O)NC(COC1OC(CO)C(O)C(OS(=O)(=O)O)C1O)C(O)/C=C/CCCCCCCCCCCCCCCCC. The van der Waals surface area contributed by atoms with Gasteiger partial charge in [0, 0.05) is 0 Å². The van der Waals surface area contributed by atoms with E-state index in [4.69, 9.17) is 9.47 Å². The molecule has 1 heterocycles. The van der Waals surface area contributed by atoms with Crippen LogP contribution in [0.2, 0.25) is 0 Å². The molecule has 1 fully saturated rings. The third-order valence-corrected chi connectivity index (χ3v) is 12.5. The molecule has 8 atom stereocenters. The fourth-order valence-corrected chi connectivity index (χ4v) is 8.55. The minimum Gasteiger partial charge on any atom is -0.394 e. The van der Waals surface area contributed by atoms with E-state index in [2.05, 4.69) is 35.5 Å². The number of hydrogen-bond acceptors (Lipinski definition) is 11. The lowest BCUT2D eigenvalue weighted by Gasteiger charge is -2.41. The zero-order valence-corrected chi connectivity index (χ0v) is 40.3. The quantitative estimate of drug-likeness (QED) is 0.0173. The van der Waals surface area contributed by atoms with Crippen molar-refractivity contribution in [3.05, 3.63) is 24.3 Å². The molecule has 14 heteroatoms. The first kappa shape index (κ1) is 59.6. The van der Waals surface area contributed by atoms with Crippen molar-refractivity contribution in [3.63, 3.8) is 0 Å². The molecule has 0 aromatic rings. The van der Waals surface area contributed by atoms with Gasteiger partial charge in [-0.3, -0.25) is 9.35 Å². The maximum absolute atomic E-state index is 13.1. The lowest BCUT2D eigenvalue weighted by molar-refractivity contribution is -0.298. The highest BCUT2D eigenvalue weighted by Crippen LogP contribution is 2.26. The zero-order valence-electron chi connectivity index (χ0n) is 39.5. The largest absolute Gasteiger partial charge is 0.397 e. The van der Waals surface area contributed by atoms with E-state index in [-0.39, 0.29) is 6.42 Å². The van der Waals surface area contributed by atoms with Crippen molar-refractivity contribution in [3.8, 4) is 0 Å². The average molecular weight is 920 g/mol. The highest BCUT2D eigenvalue weighted by molar-refractivity contribution is 7.80. The summed E-state index contributed by atoms with van der Waals surface area (Å²) in [6.07, 6.45) is 33.9. The Morgan fingerprint density at radius 2 is 1.05 bits per heavy atom. The minimum absolute atomic E-state index is 0.230. The number of allylic oxidation sites excluding steroid dienone is 3. The molecule has 1 aliphatic rings. The molecule has 0 aromatic heterocycles. The van der Waals surface area contributed by atoms with Crippen molar-refractivity contribution < 1.29 is 57.0 Å². The van der Waals surface area contributed by atoms with Crippen molar-refractivity contribution in [1.29, 1.82) is 0 Å². The Bertz CT molecular complexity index is 1240. The van der Waals surface area contributed by atoms with Crippen LogP contribution in [0.15, 0.2) is 24.3 Å². The predicted octanol–water partition coefficient (Wildman–Crippen LogP) is 9.47. The Morgan fingerprint density at radius 1 is 0.635 bits per heavy atom. The summed E-state index contributed by atoms with van der Waals surface area (Å²) in [7, 11) is -5.12. The predicted molar refractivity (Wildman–Crippen MR) is 251 cm³/mol. The van der Waals surface area contributed by atoms with Gasteiger partial charge in [-0.2, -0.15) is 8.42 Å². The van der Waals surface area contributed by atoms with Gasteiger partial charge in [0.1, 0.15) is 30.5 Å². The summed E-state index contributed by atoms with van der Waals surface area (Å²) in [6, 6.07) is -1.12. The van der Waals surface area contributed by atoms with Gasteiger partial charge in [0.2, 0.25) is 5.91 Å². The van der Waals surface area contributed by atoms with E-state index >= 15 is 0 Å². The first-order chi connectivity index (χ1) is 30.4. The number of nitrogens with one attached hydrogen (secondary N) is 1. The zero-order chi connectivity index (χ0) is 46.4. The van der Waals surface area contributed by atoms with E-state index < -0.39 is 78.5 Å². The number of hydrogen-bond donors (Lipinski definition) is 7. The van der Waals surface area contributed by atoms with Crippen LogP contribution in [0.4, 0.5) is 0 Å². The molecule has 0 radical (unpaired) electrons. The van der Waals surface area contributed by atoms with Crippen LogP contribution in [0.25, 0.3) is 0 Å². The van der Waals surface area contributed by atoms with Gasteiger partial charge < -0.3 is 40.3 Å². The third-order valence-electron chi connectivity index (χ3n) is 12.1. The molecule has 7 N–H and O–H groups in total. The smallest absolute Gasteiger partial charge is 0.394 e. The Balaban J connectivity index is 2.55. The first-order valence-electron chi connectivity index (χ1n) is 25.3. The molecule has 0 aliphatic carbocycles. The summed E-state index contributed by atoms with van der Waals surface area (Å²) in [4.78, 5) is 13.1. The molecular weight excluding hydrogens is 827 g/mol. The normalized spacial score (nSPS) is 21.0. The average Bonchev–Trinajstić information content (AvgIpc) is 3.25. The molecule has 0 bridgehead atoms. The number of carbonyl (C=O) groups is 1. The van der Waals surface area contributed by atoms with E-state index in [1.165, 1.54) is 141 Å². The second kappa shape index (κ2) is 39.7. The Labute approximate surface area is 383 Å². The van der Waals surface area contributed by atoms with E-state index in [0.29, 0.717) is 12.8 Å². The maximum Gasteiger partial charge on any atom is 0.397 e. The monoisotopic (exact) mass is 920 g/mol. The van der Waals surface area contributed by atoms with Gasteiger partial charge in [0.15, 0.2) is 6.29 Å². The van der Waals surface area contributed by atoms with Gasteiger partial charge in [-0.15, -0.1) is 0 Å². The van der Waals surface area contributed by atoms with E-state index in [9.17, 15) is 43.3 Å². The summed E-state index contributed by atoms with van der Waals surface area (Å²) < 4.78 is 47.6. The lowest BCUT2D eigenvalue weighted by atomic mass is 9.99. The Morgan fingerprint density at radius 3 is 1.48 bits per heavy atom. The summed E-state index contributed by atoms with van der Waals surface area (Å²) in [5.74, 6) is -0.709. The van der Waals surface area contributed by atoms with Crippen LogP contribution in [0.5, 0.6) is 0 Å². The van der Waals surface area contributed by atoms with Crippen molar-refractivity contribution in [1.82, 2.24) is 5.32 Å². The van der Waals surface area contributed by atoms with Crippen LogP contribution in [-0.2, 0) is 28.9 Å². The highest BCUT2D eigenvalue weighted by Gasteiger charge is 2.48. The van der Waals surface area contributed by atoms with Crippen LogP contribution < -0.4 is 5.32 Å². The number of ether oxygens (including phenoxy) is 2. The van der Waals surface area contributed by atoms with Crippen LogP contribution >= 0.6 is 0 Å². The molecule has 1 saturated heterocycles. The second-order valence-electron chi connectivity index (χ2n) is 17.9. The van der Waals surface area contributed by atoms with E-state index in [0.717, 1.165) is 51.4 Å². The molecule has 13 nitrogen and oxygen atoms in total. The van der Waals surface area contributed by atoms with E-state index in [1.54, 1.807) is 0 Å². The molecule has 1 aliphatic heterocycles. The molecule has 0 saturated carbocycles. The van der Waals surface area contributed by atoms with Gasteiger partial charge in [-0.05, 0) is 44.9 Å². The fourth-order valence-electron chi connectivity index (χ4n) is 8.04. The summed E-state index contributed by atoms with van der Waals surface area (Å²) in [5.41, 5.74) is 0. The molecule has 1 amide bonds. The van der Waals surface area contributed by atoms with Crippen molar-refractivity contribution in [2.24, 2.45) is 0 Å². The summed E-state index contributed by atoms with van der Waals surface area (Å²) >= 11 is 0. The Kier molecular flexibility index (Phi) is 37.5. The van der Waals surface area contributed by atoms with Gasteiger partial charge >= 0.3 is 10.4 Å². The second-order valence-corrected chi connectivity index (χ2v) is 18.9. The first-order valence-corrected chi connectivity index (χ1v) is 26.7. The number of unbranched alkanes of at least 4 members (excludes halogenated alkanes) is 28. The topological polar surface area (TPSA) is 212 Å². The van der Waals surface area contributed by atoms with Crippen LogP contribution in [0.1, 0.15) is 219 Å². The summed E-state index contributed by atoms with van der Waals surface area (Å²) in [5, 5.41) is 55.3. The maximum atomic E-state index is 13.1. The number of carbonyl (C=O) groups excluding carboxylic acids is 1. The molecule has 0 aromatic carbocycles.